The molecule has 0 aromatic carbocycles. The van der Waals surface area contributed by atoms with Crippen molar-refractivity contribution >= 4 is 5.91 Å². The Morgan fingerprint density at radius 2 is 1.32 bits per heavy atom. The van der Waals surface area contributed by atoms with Crippen LogP contribution in [0, 0.1) is 0 Å². The third-order valence-corrected chi connectivity index (χ3v) is 4.16. The molecule has 0 aromatic heterocycles. The molecule has 0 bridgehead atoms. The summed E-state index contributed by atoms with van der Waals surface area (Å²) in [7, 11) is 0. The van der Waals surface area contributed by atoms with Crippen molar-refractivity contribution < 1.29 is 4.79 Å². The van der Waals surface area contributed by atoms with Crippen molar-refractivity contribution in [3.63, 3.8) is 0 Å². The lowest BCUT2D eigenvalue weighted by Gasteiger charge is -2.34. The van der Waals surface area contributed by atoms with E-state index in [2.05, 4.69) is 39.5 Å². The van der Waals surface area contributed by atoms with E-state index >= 15 is 0 Å². The molecular weight excluding hydrogens is 234 g/mol. The lowest BCUT2D eigenvalue weighted by molar-refractivity contribution is -0.135. The smallest absolute Gasteiger partial charge is 0.223 e. The van der Waals surface area contributed by atoms with E-state index in [1.165, 1.54) is 32.1 Å². The third kappa shape index (κ3) is 7.59. The fourth-order valence-electron chi connectivity index (χ4n) is 2.51. The van der Waals surface area contributed by atoms with Crippen molar-refractivity contribution in [1.82, 2.24) is 4.90 Å². The predicted octanol–water partition coefficient (Wildman–Crippen LogP) is 5.16. The van der Waals surface area contributed by atoms with Crippen molar-refractivity contribution in [2.24, 2.45) is 0 Å². The number of carbonyl (C=O) groups excluding carboxylic acids is 1. The van der Waals surface area contributed by atoms with Gasteiger partial charge in [-0.2, -0.15) is 0 Å². The van der Waals surface area contributed by atoms with Crippen molar-refractivity contribution in [3.05, 3.63) is 0 Å². The van der Waals surface area contributed by atoms with Gasteiger partial charge in [0.25, 0.3) is 0 Å². The molecule has 0 saturated heterocycles. The van der Waals surface area contributed by atoms with Crippen molar-refractivity contribution in [1.29, 1.82) is 0 Å². The standard InChI is InChI=1S/C17H35NO/c1-6-9-10-11-12-13-14-17(19)18(15(4)7-2)16(5)8-3/h15-16H,6-14H2,1-5H3. The SMILES string of the molecule is CCCCCCCCC(=O)N(C(C)CC)C(C)CC. The first-order valence-corrected chi connectivity index (χ1v) is 8.39. The van der Waals surface area contributed by atoms with Gasteiger partial charge < -0.3 is 4.90 Å². The summed E-state index contributed by atoms with van der Waals surface area (Å²) in [6.07, 6.45) is 10.3. The number of amides is 1. The van der Waals surface area contributed by atoms with E-state index in [9.17, 15) is 4.79 Å². The van der Waals surface area contributed by atoms with Crippen LogP contribution in [0.4, 0.5) is 0 Å². The van der Waals surface area contributed by atoms with E-state index in [0.29, 0.717) is 18.0 Å². The Labute approximate surface area is 120 Å². The number of hydrogen-bond acceptors (Lipinski definition) is 1. The molecular formula is C17H35NO. The minimum Gasteiger partial charge on any atom is -0.337 e. The van der Waals surface area contributed by atoms with Crippen LogP contribution in [-0.4, -0.2) is 22.9 Å². The molecule has 1 amide bonds. The van der Waals surface area contributed by atoms with Gasteiger partial charge >= 0.3 is 0 Å². The van der Waals surface area contributed by atoms with Gasteiger partial charge in [-0.3, -0.25) is 4.79 Å². The van der Waals surface area contributed by atoms with Gasteiger partial charge in [-0.05, 0) is 33.1 Å². The molecule has 0 N–H and O–H groups in total. The number of carbonyl (C=O) groups is 1. The first-order chi connectivity index (χ1) is 9.08. The molecule has 2 atom stereocenters. The van der Waals surface area contributed by atoms with Crippen LogP contribution in [0.1, 0.15) is 92.4 Å². The quantitative estimate of drug-likeness (QED) is 0.474. The Morgan fingerprint density at radius 1 is 0.842 bits per heavy atom. The fourth-order valence-corrected chi connectivity index (χ4v) is 2.51. The largest absolute Gasteiger partial charge is 0.337 e. The van der Waals surface area contributed by atoms with E-state index in [1.807, 2.05) is 0 Å². The molecule has 0 spiro atoms. The lowest BCUT2D eigenvalue weighted by Crippen LogP contribution is -2.44. The number of rotatable bonds is 11. The van der Waals surface area contributed by atoms with Crippen LogP contribution in [0.5, 0.6) is 0 Å². The maximum Gasteiger partial charge on any atom is 0.223 e. The molecule has 114 valence electrons. The molecule has 0 radical (unpaired) electrons. The lowest BCUT2D eigenvalue weighted by atomic mass is 10.1. The zero-order valence-corrected chi connectivity index (χ0v) is 13.9. The summed E-state index contributed by atoms with van der Waals surface area (Å²) in [6.45, 7) is 10.9. The maximum atomic E-state index is 12.4. The molecule has 2 unspecified atom stereocenters. The van der Waals surface area contributed by atoms with Crippen LogP contribution in [-0.2, 0) is 4.79 Å². The highest BCUT2D eigenvalue weighted by Crippen LogP contribution is 2.15. The van der Waals surface area contributed by atoms with Gasteiger partial charge in [0.1, 0.15) is 0 Å². The number of hydrogen-bond donors (Lipinski definition) is 0. The van der Waals surface area contributed by atoms with E-state index in [-0.39, 0.29) is 0 Å². The van der Waals surface area contributed by atoms with Crippen LogP contribution in [0.3, 0.4) is 0 Å². The van der Waals surface area contributed by atoms with E-state index in [4.69, 9.17) is 0 Å². The molecule has 0 aliphatic carbocycles. The van der Waals surface area contributed by atoms with E-state index in [1.54, 1.807) is 0 Å². The molecule has 0 aliphatic rings. The first kappa shape index (κ1) is 18.5. The van der Waals surface area contributed by atoms with E-state index < -0.39 is 0 Å². The Hall–Kier alpha value is -0.530. The third-order valence-electron chi connectivity index (χ3n) is 4.16. The van der Waals surface area contributed by atoms with E-state index in [0.717, 1.165) is 25.7 Å². The van der Waals surface area contributed by atoms with Gasteiger partial charge in [0.15, 0.2) is 0 Å². The van der Waals surface area contributed by atoms with Crippen molar-refractivity contribution in [2.45, 2.75) is 104 Å². The molecule has 19 heavy (non-hydrogen) atoms. The summed E-state index contributed by atoms with van der Waals surface area (Å²) >= 11 is 0. The minimum absolute atomic E-state index is 0.360. The highest BCUT2D eigenvalue weighted by molar-refractivity contribution is 5.76. The second-order valence-electron chi connectivity index (χ2n) is 5.83. The zero-order valence-electron chi connectivity index (χ0n) is 13.9. The molecule has 2 heteroatoms. The van der Waals surface area contributed by atoms with Crippen LogP contribution in [0.2, 0.25) is 0 Å². The molecule has 0 heterocycles. The zero-order chi connectivity index (χ0) is 14.7. The second kappa shape index (κ2) is 11.3. The Bertz CT molecular complexity index is 217. The van der Waals surface area contributed by atoms with Crippen LogP contribution >= 0.6 is 0 Å². The Morgan fingerprint density at radius 3 is 1.79 bits per heavy atom. The van der Waals surface area contributed by atoms with Gasteiger partial charge in [-0.25, -0.2) is 0 Å². The Balaban J connectivity index is 4.04. The van der Waals surface area contributed by atoms with Crippen LogP contribution in [0.15, 0.2) is 0 Å². The average molecular weight is 269 g/mol. The Kier molecular flexibility index (Phi) is 11.0. The summed E-state index contributed by atoms with van der Waals surface area (Å²) in [5.74, 6) is 0.360. The van der Waals surface area contributed by atoms with Crippen LogP contribution in [0.25, 0.3) is 0 Å². The summed E-state index contributed by atoms with van der Waals surface area (Å²) in [5.41, 5.74) is 0. The molecule has 0 aromatic rings. The topological polar surface area (TPSA) is 20.3 Å². The molecule has 0 saturated carbocycles. The predicted molar refractivity (Wildman–Crippen MR) is 84.3 cm³/mol. The van der Waals surface area contributed by atoms with Crippen molar-refractivity contribution in [2.75, 3.05) is 0 Å². The van der Waals surface area contributed by atoms with Crippen LogP contribution < -0.4 is 0 Å². The van der Waals surface area contributed by atoms with Gasteiger partial charge in [-0.1, -0.05) is 52.9 Å². The normalized spacial score (nSPS) is 14.2. The molecule has 2 nitrogen and oxygen atoms in total. The van der Waals surface area contributed by atoms with Gasteiger partial charge in [0.05, 0.1) is 0 Å². The maximum absolute atomic E-state index is 12.4. The van der Waals surface area contributed by atoms with Gasteiger partial charge in [0, 0.05) is 18.5 Å². The summed E-state index contributed by atoms with van der Waals surface area (Å²) < 4.78 is 0. The number of nitrogens with zero attached hydrogens (tertiary/aromatic N) is 1. The number of unbranched alkanes of at least 4 members (excludes halogenated alkanes) is 5. The summed E-state index contributed by atoms with van der Waals surface area (Å²) in [4.78, 5) is 14.5. The monoisotopic (exact) mass is 269 g/mol. The second-order valence-corrected chi connectivity index (χ2v) is 5.83. The van der Waals surface area contributed by atoms with Crippen molar-refractivity contribution in [3.8, 4) is 0 Å². The summed E-state index contributed by atoms with van der Waals surface area (Å²) in [6, 6.07) is 0.755. The minimum atomic E-state index is 0.360. The fraction of sp³-hybridized carbons (Fsp3) is 0.941. The molecule has 0 rings (SSSR count). The van der Waals surface area contributed by atoms with Gasteiger partial charge in [0.2, 0.25) is 5.91 Å². The summed E-state index contributed by atoms with van der Waals surface area (Å²) in [5, 5.41) is 0. The first-order valence-electron chi connectivity index (χ1n) is 8.39. The molecule has 0 aliphatic heterocycles. The highest BCUT2D eigenvalue weighted by Gasteiger charge is 2.22. The molecule has 0 fully saturated rings. The highest BCUT2D eigenvalue weighted by atomic mass is 16.2. The van der Waals surface area contributed by atoms with Gasteiger partial charge in [-0.15, -0.1) is 0 Å². The average Bonchev–Trinajstić information content (AvgIpc) is 2.42.